The van der Waals surface area contributed by atoms with Gasteiger partial charge in [0.2, 0.25) is 0 Å². The van der Waals surface area contributed by atoms with Crippen LogP contribution in [-0.2, 0) is 4.74 Å². The van der Waals surface area contributed by atoms with Crippen molar-refractivity contribution >= 4 is 17.4 Å². The number of para-hydroxylation sites is 1. The third-order valence-electron chi connectivity index (χ3n) is 7.87. The fourth-order valence-electron chi connectivity index (χ4n) is 5.41. The molecule has 3 heterocycles. The van der Waals surface area contributed by atoms with E-state index in [-0.39, 0.29) is 12.7 Å². The molecule has 0 spiro atoms. The number of quaternary nitrogens is 1. The van der Waals surface area contributed by atoms with Crippen molar-refractivity contribution in [2.24, 2.45) is 0 Å². The Morgan fingerprint density at radius 3 is 2.61 bits per heavy atom. The van der Waals surface area contributed by atoms with Crippen LogP contribution in [0.15, 0.2) is 87.3 Å². The molecule has 7 heteroatoms. The summed E-state index contributed by atoms with van der Waals surface area (Å²) in [5.74, 6) is 0.958. The Bertz CT molecular complexity index is 1140. The first-order valence-corrected chi connectivity index (χ1v) is 14.0. The molecular formula is C29H39N4O2S+. The fourth-order valence-corrected chi connectivity index (χ4v) is 6.51. The van der Waals surface area contributed by atoms with Gasteiger partial charge in [0.05, 0.1) is 50.6 Å². The summed E-state index contributed by atoms with van der Waals surface area (Å²) in [4.78, 5) is 8.34. The van der Waals surface area contributed by atoms with E-state index in [2.05, 4.69) is 97.3 Å². The molecule has 4 aliphatic rings. The zero-order valence-corrected chi connectivity index (χ0v) is 22.8. The molecular weight excluding hydrogens is 468 g/mol. The number of likely N-dealkylation sites (N-methyl/N-ethyl adjacent to an activating group) is 2. The highest BCUT2D eigenvalue weighted by atomic mass is 32.2. The van der Waals surface area contributed by atoms with Crippen LogP contribution in [0.25, 0.3) is 0 Å². The standard InChI is InChI=1S/C29H39N4O2S/c1-5-31(6-2)23-11-12-24-22(20-29-30(3)25-9-7-8-10-27(25)36-29)19-28(35-26(24)21-23)32-13-15-33(4,16-14-32)17-18-34/h7-12,19-21,26,34H,5-6,13-18H2,1-4H3/q+1/b29-20-. The number of anilines is 1. The number of thioether (sulfide) groups is 1. The fraction of sp³-hybridized carbons (Fsp3) is 0.448. The molecule has 0 saturated carbocycles. The van der Waals surface area contributed by atoms with E-state index in [4.69, 9.17) is 4.74 Å². The predicted molar refractivity (Wildman–Crippen MR) is 148 cm³/mol. The number of hydrogen-bond donors (Lipinski definition) is 1. The van der Waals surface area contributed by atoms with Crippen molar-refractivity contribution in [3.8, 4) is 0 Å². The van der Waals surface area contributed by atoms with Gasteiger partial charge in [0.1, 0.15) is 12.6 Å². The molecule has 1 aliphatic carbocycles. The van der Waals surface area contributed by atoms with Crippen molar-refractivity contribution in [3.63, 3.8) is 0 Å². The van der Waals surface area contributed by atoms with Crippen LogP contribution in [-0.4, -0.2) is 92.0 Å². The Hall–Kier alpha value is -2.61. The number of nitrogens with zero attached hydrogens (tertiary/aromatic N) is 4. The zero-order chi connectivity index (χ0) is 25.3. The molecule has 5 rings (SSSR count). The van der Waals surface area contributed by atoms with E-state index in [1.54, 1.807) is 0 Å². The maximum Gasteiger partial charge on any atom is 0.191 e. The van der Waals surface area contributed by atoms with Crippen LogP contribution >= 0.6 is 11.8 Å². The van der Waals surface area contributed by atoms with E-state index >= 15 is 0 Å². The maximum atomic E-state index is 9.49. The number of rotatable bonds is 7. The molecule has 0 bridgehead atoms. The van der Waals surface area contributed by atoms with Crippen molar-refractivity contribution in [2.45, 2.75) is 24.8 Å². The van der Waals surface area contributed by atoms with E-state index < -0.39 is 0 Å². The highest BCUT2D eigenvalue weighted by Gasteiger charge is 2.33. The van der Waals surface area contributed by atoms with Crippen molar-refractivity contribution < 1.29 is 14.3 Å². The van der Waals surface area contributed by atoms with Gasteiger partial charge in [-0.25, -0.2) is 0 Å². The van der Waals surface area contributed by atoms with E-state index in [9.17, 15) is 5.11 Å². The van der Waals surface area contributed by atoms with Crippen LogP contribution in [0.1, 0.15) is 13.8 Å². The Morgan fingerprint density at radius 2 is 1.92 bits per heavy atom. The molecule has 6 nitrogen and oxygen atoms in total. The quantitative estimate of drug-likeness (QED) is 0.559. The first kappa shape index (κ1) is 25.1. The van der Waals surface area contributed by atoms with E-state index in [1.165, 1.54) is 32.5 Å². The number of allylic oxidation sites excluding steroid dienone is 4. The number of piperazine rings is 1. The summed E-state index contributed by atoms with van der Waals surface area (Å²) < 4.78 is 7.59. The number of fused-ring (bicyclic) bond motifs is 2. The molecule has 1 aromatic carbocycles. The number of aliphatic hydroxyl groups is 1. The SMILES string of the molecule is CCN(CC)C1=CC2OC(N3CC[N+](C)(CCO)CC3)=CC(/C=C3\Sc4ccccc4N3C)=C2C=C1. The van der Waals surface area contributed by atoms with E-state index in [1.807, 2.05) is 11.8 Å². The molecule has 3 aliphatic heterocycles. The number of ether oxygens (including phenoxy) is 1. The van der Waals surface area contributed by atoms with Crippen LogP contribution in [0.3, 0.4) is 0 Å². The minimum absolute atomic E-state index is 0.100. The molecule has 36 heavy (non-hydrogen) atoms. The van der Waals surface area contributed by atoms with Gasteiger partial charge in [-0.2, -0.15) is 0 Å². The monoisotopic (exact) mass is 507 g/mol. The molecule has 0 amide bonds. The zero-order valence-electron chi connectivity index (χ0n) is 22.0. The van der Waals surface area contributed by atoms with Gasteiger partial charge in [0, 0.05) is 42.4 Å². The summed E-state index contributed by atoms with van der Waals surface area (Å²) in [6.07, 6.45) is 11.2. The molecule has 1 N–H and O–H groups in total. The predicted octanol–water partition coefficient (Wildman–Crippen LogP) is 4.16. The lowest BCUT2D eigenvalue weighted by Crippen LogP contribution is -2.58. The van der Waals surface area contributed by atoms with E-state index in [0.717, 1.165) is 56.2 Å². The Morgan fingerprint density at radius 1 is 1.17 bits per heavy atom. The lowest BCUT2D eigenvalue weighted by atomic mass is 9.94. The van der Waals surface area contributed by atoms with Crippen molar-refractivity contribution in [1.29, 1.82) is 0 Å². The molecule has 0 aromatic heterocycles. The molecule has 192 valence electrons. The van der Waals surface area contributed by atoms with Gasteiger partial charge in [-0.15, -0.1) is 0 Å². The number of aliphatic hydroxyl groups excluding tert-OH is 1. The van der Waals surface area contributed by atoms with Gasteiger partial charge in [-0.05, 0) is 49.8 Å². The van der Waals surface area contributed by atoms with Gasteiger partial charge in [0.15, 0.2) is 5.88 Å². The lowest BCUT2D eigenvalue weighted by molar-refractivity contribution is -0.913. The molecule has 1 atom stereocenters. The molecule has 1 saturated heterocycles. The van der Waals surface area contributed by atoms with Gasteiger partial charge in [-0.1, -0.05) is 30.0 Å². The summed E-state index contributed by atoms with van der Waals surface area (Å²) in [5.41, 5.74) is 4.91. The highest BCUT2D eigenvalue weighted by molar-refractivity contribution is 8.03. The second-order valence-electron chi connectivity index (χ2n) is 10.1. The number of hydrogen-bond acceptors (Lipinski definition) is 6. The molecule has 1 fully saturated rings. The summed E-state index contributed by atoms with van der Waals surface area (Å²) in [7, 11) is 4.39. The van der Waals surface area contributed by atoms with Crippen molar-refractivity contribution in [3.05, 3.63) is 82.4 Å². The third-order valence-corrected chi connectivity index (χ3v) is 9.04. The Balaban J connectivity index is 1.48. The van der Waals surface area contributed by atoms with E-state index in [0.29, 0.717) is 0 Å². The molecule has 0 radical (unpaired) electrons. The largest absolute Gasteiger partial charge is 0.467 e. The maximum absolute atomic E-state index is 9.49. The normalized spacial score (nSPS) is 23.8. The van der Waals surface area contributed by atoms with Crippen LogP contribution in [0.2, 0.25) is 0 Å². The topological polar surface area (TPSA) is 39.2 Å². The molecule has 1 unspecified atom stereocenters. The van der Waals surface area contributed by atoms with Crippen LogP contribution in [0, 0.1) is 0 Å². The van der Waals surface area contributed by atoms with Gasteiger partial charge >= 0.3 is 0 Å². The summed E-state index contributed by atoms with van der Waals surface area (Å²) >= 11 is 1.83. The first-order chi connectivity index (χ1) is 17.4. The summed E-state index contributed by atoms with van der Waals surface area (Å²) in [6.45, 7) is 11.3. The second-order valence-corrected chi connectivity index (χ2v) is 11.2. The Kier molecular flexibility index (Phi) is 7.24. The second kappa shape index (κ2) is 10.4. The average Bonchev–Trinajstić information content (AvgIpc) is 3.20. The van der Waals surface area contributed by atoms with Gasteiger partial charge < -0.3 is 29.0 Å². The summed E-state index contributed by atoms with van der Waals surface area (Å²) in [5, 5.41) is 10.7. The summed E-state index contributed by atoms with van der Waals surface area (Å²) in [6, 6.07) is 8.59. The lowest BCUT2D eigenvalue weighted by Gasteiger charge is -2.44. The third kappa shape index (κ3) is 4.84. The Labute approximate surface area is 220 Å². The van der Waals surface area contributed by atoms with Crippen LogP contribution in [0.5, 0.6) is 0 Å². The van der Waals surface area contributed by atoms with Crippen molar-refractivity contribution in [1.82, 2.24) is 9.80 Å². The first-order valence-electron chi connectivity index (χ1n) is 13.1. The van der Waals surface area contributed by atoms with Gasteiger partial charge in [0.25, 0.3) is 0 Å². The highest BCUT2D eigenvalue weighted by Crippen LogP contribution is 2.46. The number of benzene rings is 1. The van der Waals surface area contributed by atoms with Crippen molar-refractivity contribution in [2.75, 3.05) is 71.4 Å². The van der Waals surface area contributed by atoms with Gasteiger partial charge in [-0.3, -0.25) is 0 Å². The minimum Gasteiger partial charge on any atom is -0.467 e. The smallest absolute Gasteiger partial charge is 0.191 e. The minimum atomic E-state index is -0.100. The average molecular weight is 508 g/mol. The molecule has 1 aromatic rings. The van der Waals surface area contributed by atoms with Crippen LogP contribution < -0.4 is 4.90 Å². The van der Waals surface area contributed by atoms with Crippen LogP contribution in [0.4, 0.5) is 5.69 Å².